The summed E-state index contributed by atoms with van der Waals surface area (Å²) < 4.78 is 0. The van der Waals surface area contributed by atoms with Crippen LogP contribution in [-0.2, 0) is 0 Å². The van der Waals surface area contributed by atoms with Crippen molar-refractivity contribution in [3.05, 3.63) is 17.8 Å². The van der Waals surface area contributed by atoms with Crippen molar-refractivity contribution < 1.29 is 9.90 Å². The Morgan fingerprint density at radius 2 is 2.12 bits per heavy atom. The van der Waals surface area contributed by atoms with Crippen LogP contribution in [0.25, 0.3) is 0 Å². The molecule has 88 valence electrons. The first-order valence-corrected chi connectivity index (χ1v) is 4.86. The Labute approximate surface area is 94.1 Å². The monoisotopic (exact) mass is 224 g/mol. The minimum absolute atomic E-state index is 0.0112. The van der Waals surface area contributed by atoms with Gasteiger partial charge in [-0.05, 0) is 26.0 Å². The van der Waals surface area contributed by atoms with E-state index >= 15 is 0 Å². The standard InChI is InChI=1S/C10H16N4O2/c1-10(2,6-15)14(3)8-5-4-7(9(11)16)12-13-8/h4-5,15H,6H2,1-3H3,(H2,11,16). The second kappa shape index (κ2) is 4.44. The zero-order valence-corrected chi connectivity index (χ0v) is 9.64. The molecule has 0 spiro atoms. The van der Waals surface area contributed by atoms with Gasteiger partial charge in [0.15, 0.2) is 11.5 Å². The van der Waals surface area contributed by atoms with E-state index in [9.17, 15) is 9.90 Å². The maximum Gasteiger partial charge on any atom is 0.269 e. The lowest BCUT2D eigenvalue weighted by Crippen LogP contribution is -2.45. The normalized spacial score (nSPS) is 11.2. The van der Waals surface area contributed by atoms with Gasteiger partial charge >= 0.3 is 0 Å². The second-order valence-electron chi connectivity index (χ2n) is 4.17. The van der Waals surface area contributed by atoms with E-state index in [1.54, 1.807) is 18.0 Å². The van der Waals surface area contributed by atoms with Crippen molar-refractivity contribution in [3.8, 4) is 0 Å². The third kappa shape index (κ3) is 2.46. The van der Waals surface area contributed by atoms with Crippen LogP contribution < -0.4 is 10.6 Å². The second-order valence-corrected chi connectivity index (χ2v) is 4.17. The predicted molar refractivity (Wildman–Crippen MR) is 60.1 cm³/mol. The molecule has 6 heteroatoms. The van der Waals surface area contributed by atoms with Gasteiger partial charge in [0.1, 0.15) is 0 Å². The van der Waals surface area contributed by atoms with Gasteiger partial charge in [0.2, 0.25) is 0 Å². The molecule has 0 aliphatic rings. The number of primary amides is 1. The van der Waals surface area contributed by atoms with E-state index in [-0.39, 0.29) is 12.3 Å². The molecule has 0 fully saturated rings. The number of carbonyl (C=O) groups excluding carboxylic acids is 1. The molecule has 0 saturated carbocycles. The van der Waals surface area contributed by atoms with Gasteiger partial charge in [0, 0.05) is 7.05 Å². The topological polar surface area (TPSA) is 92.3 Å². The summed E-state index contributed by atoms with van der Waals surface area (Å²) in [5, 5.41) is 16.8. The van der Waals surface area contributed by atoms with Crippen LogP contribution in [0.3, 0.4) is 0 Å². The molecule has 0 bridgehead atoms. The summed E-state index contributed by atoms with van der Waals surface area (Å²) in [4.78, 5) is 12.6. The van der Waals surface area contributed by atoms with Crippen molar-refractivity contribution in [2.24, 2.45) is 5.73 Å². The molecule has 0 unspecified atom stereocenters. The van der Waals surface area contributed by atoms with Crippen LogP contribution in [0.15, 0.2) is 12.1 Å². The SMILES string of the molecule is CN(c1ccc(C(N)=O)nn1)C(C)(C)CO. The Morgan fingerprint density at radius 1 is 1.50 bits per heavy atom. The third-order valence-electron chi connectivity index (χ3n) is 2.54. The van der Waals surface area contributed by atoms with Crippen molar-refractivity contribution in [2.45, 2.75) is 19.4 Å². The average Bonchev–Trinajstić information content (AvgIpc) is 2.28. The summed E-state index contributed by atoms with van der Waals surface area (Å²) in [5.74, 6) is -0.0350. The highest BCUT2D eigenvalue weighted by Crippen LogP contribution is 2.18. The molecular formula is C10H16N4O2. The Bertz CT molecular complexity index is 375. The van der Waals surface area contributed by atoms with E-state index in [4.69, 9.17) is 5.73 Å². The van der Waals surface area contributed by atoms with Crippen LogP contribution in [0, 0.1) is 0 Å². The zero-order valence-electron chi connectivity index (χ0n) is 9.64. The molecule has 1 amide bonds. The maximum atomic E-state index is 10.8. The molecule has 0 aliphatic heterocycles. The fraction of sp³-hybridized carbons (Fsp3) is 0.500. The summed E-state index contributed by atoms with van der Waals surface area (Å²) in [6.07, 6.45) is 0. The number of aromatic nitrogens is 2. The molecule has 0 radical (unpaired) electrons. The fourth-order valence-corrected chi connectivity index (χ4v) is 1.05. The van der Waals surface area contributed by atoms with Gasteiger partial charge in [0.05, 0.1) is 12.1 Å². The number of rotatable bonds is 4. The van der Waals surface area contributed by atoms with E-state index in [0.717, 1.165) is 0 Å². The molecule has 3 N–H and O–H groups in total. The molecule has 16 heavy (non-hydrogen) atoms. The Balaban J connectivity index is 2.94. The minimum Gasteiger partial charge on any atom is -0.394 e. The summed E-state index contributed by atoms with van der Waals surface area (Å²) in [6.45, 7) is 3.73. The molecule has 0 saturated heterocycles. The quantitative estimate of drug-likeness (QED) is 0.737. The number of amides is 1. The summed E-state index contributed by atoms with van der Waals surface area (Å²) in [5.41, 5.74) is 4.74. The van der Waals surface area contributed by atoms with Crippen LogP contribution in [0.2, 0.25) is 0 Å². The minimum atomic E-state index is -0.608. The number of aliphatic hydroxyl groups excluding tert-OH is 1. The van der Waals surface area contributed by atoms with Crippen LogP contribution in [0.4, 0.5) is 5.82 Å². The first kappa shape index (κ1) is 12.4. The highest BCUT2D eigenvalue weighted by atomic mass is 16.3. The first-order valence-electron chi connectivity index (χ1n) is 4.86. The van der Waals surface area contributed by atoms with E-state index in [0.29, 0.717) is 5.82 Å². The Kier molecular flexibility index (Phi) is 3.44. The summed E-state index contributed by atoms with van der Waals surface area (Å²) >= 11 is 0. The first-order chi connectivity index (χ1) is 7.38. The third-order valence-corrected chi connectivity index (χ3v) is 2.54. The largest absolute Gasteiger partial charge is 0.394 e. The van der Waals surface area contributed by atoms with Gasteiger partial charge < -0.3 is 15.7 Å². The van der Waals surface area contributed by atoms with E-state index in [2.05, 4.69) is 10.2 Å². The summed E-state index contributed by atoms with van der Waals surface area (Å²) in [6, 6.07) is 3.15. The fourth-order valence-electron chi connectivity index (χ4n) is 1.05. The number of hydrogen-bond acceptors (Lipinski definition) is 5. The smallest absolute Gasteiger partial charge is 0.269 e. The zero-order chi connectivity index (χ0) is 12.3. The molecule has 1 aromatic rings. The Hall–Kier alpha value is -1.69. The van der Waals surface area contributed by atoms with Crippen molar-refractivity contribution in [3.63, 3.8) is 0 Å². The number of anilines is 1. The molecule has 0 aliphatic carbocycles. The molecule has 0 aromatic carbocycles. The average molecular weight is 224 g/mol. The number of nitrogens with zero attached hydrogens (tertiary/aromatic N) is 3. The maximum absolute atomic E-state index is 10.8. The van der Waals surface area contributed by atoms with E-state index in [1.807, 2.05) is 13.8 Å². The predicted octanol–water partition coefficient (Wildman–Crippen LogP) is -0.217. The molecule has 1 heterocycles. The van der Waals surface area contributed by atoms with Crippen LogP contribution >= 0.6 is 0 Å². The van der Waals surface area contributed by atoms with Gasteiger partial charge in [0.25, 0.3) is 5.91 Å². The van der Waals surface area contributed by atoms with Crippen molar-refractivity contribution in [1.82, 2.24) is 10.2 Å². The van der Waals surface area contributed by atoms with Crippen molar-refractivity contribution in [1.29, 1.82) is 0 Å². The molecule has 1 aromatic heterocycles. The van der Waals surface area contributed by atoms with Crippen LogP contribution in [0.5, 0.6) is 0 Å². The van der Waals surface area contributed by atoms with Gasteiger partial charge in [-0.3, -0.25) is 4.79 Å². The van der Waals surface area contributed by atoms with Gasteiger partial charge in [-0.2, -0.15) is 0 Å². The highest BCUT2D eigenvalue weighted by Gasteiger charge is 2.23. The molecule has 1 rings (SSSR count). The Morgan fingerprint density at radius 3 is 2.50 bits per heavy atom. The number of hydrogen-bond donors (Lipinski definition) is 2. The summed E-state index contributed by atoms with van der Waals surface area (Å²) in [7, 11) is 1.80. The van der Waals surface area contributed by atoms with E-state index < -0.39 is 11.4 Å². The molecule has 0 atom stereocenters. The van der Waals surface area contributed by atoms with Gasteiger partial charge in [-0.15, -0.1) is 10.2 Å². The number of aliphatic hydroxyl groups is 1. The lowest BCUT2D eigenvalue weighted by Gasteiger charge is -2.34. The number of likely N-dealkylation sites (N-methyl/N-ethyl adjacent to an activating group) is 1. The van der Waals surface area contributed by atoms with Gasteiger partial charge in [-0.1, -0.05) is 0 Å². The lowest BCUT2D eigenvalue weighted by molar-refractivity contribution is 0.0994. The van der Waals surface area contributed by atoms with Crippen LogP contribution in [-0.4, -0.2) is 40.4 Å². The number of carbonyl (C=O) groups is 1. The van der Waals surface area contributed by atoms with Gasteiger partial charge in [-0.25, -0.2) is 0 Å². The highest BCUT2D eigenvalue weighted by molar-refractivity contribution is 5.90. The lowest BCUT2D eigenvalue weighted by atomic mass is 10.1. The number of nitrogens with two attached hydrogens (primary N) is 1. The molecular weight excluding hydrogens is 208 g/mol. The van der Waals surface area contributed by atoms with Crippen LogP contribution in [0.1, 0.15) is 24.3 Å². The molecule has 6 nitrogen and oxygen atoms in total. The van der Waals surface area contributed by atoms with E-state index in [1.165, 1.54) is 6.07 Å². The van der Waals surface area contributed by atoms with Crippen molar-refractivity contribution in [2.75, 3.05) is 18.6 Å². The van der Waals surface area contributed by atoms with Crippen molar-refractivity contribution >= 4 is 11.7 Å².